The van der Waals surface area contributed by atoms with E-state index in [1.807, 2.05) is 0 Å². The van der Waals surface area contributed by atoms with Crippen LogP contribution in [0.4, 0.5) is 0 Å². The maximum Gasteiger partial charge on any atom is 0.466 e. The van der Waals surface area contributed by atoms with E-state index in [0.29, 0.717) is 0 Å². The molecular weight excluding hydrogens is 209 g/mol. The van der Waals surface area contributed by atoms with Crippen LogP contribution in [0, 0.1) is 0 Å². The van der Waals surface area contributed by atoms with Crippen molar-refractivity contribution in [3.05, 3.63) is 0 Å². The summed E-state index contributed by atoms with van der Waals surface area (Å²) in [5, 5.41) is 0. The standard InChI is InChI=1S/Fe.Li.H3O4P.V/c;;1-5(2,3)4;/h;;(H3,1,2,3,4);. The quantitative estimate of drug-likeness (QED) is 0.343. The van der Waals surface area contributed by atoms with Crippen LogP contribution < -0.4 is 0 Å². The first kappa shape index (κ1) is 22.6. The number of hydrogen-bond donors (Lipinski definition) is 3. The molecule has 0 aliphatic rings. The second kappa shape index (κ2) is 8.81. The van der Waals surface area contributed by atoms with E-state index in [0.717, 1.165) is 0 Å². The van der Waals surface area contributed by atoms with Gasteiger partial charge < -0.3 is 14.7 Å². The van der Waals surface area contributed by atoms with Crippen molar-refractivity contribution in [1.29, 1.82) is 0 Å². The molecule has 0 bridgehead atoms. The second-order valence-corrected chi connectivity index (χ2v) is 1.54. The molecule has 0 saturated carbocycles. The first-order valence-electron chi connectivity index (χ1n) is 0.783. The normalized spacial score (nSPS) is 7.38. The Morgan fingerprint density at radius 3 is 1.12 bits per heavy atom. The van der Waals surface area contributed by atoms with Gasteiger partial charge >= 0.3 is 7.82 Å². The van der Waals surface area contributed by atoms with Crippen LogP contribution in [-0.2, 0) is 40.2 Å². The summed E-state index contributed by atoms with van der Waals surface area (Å²) < 4.78 is 8.88. The number of rotatable bonds is 0. The van der Waals surface area contributed by atoms with Crippen LogP contribution in [0.5, 0.6) is 0 Å². The minimum absolute atomic E-state index is 0. The van der Waals surface area contributed by atoms with Crippen molar-refractivity contribution in [1.82, 2.24) is 0 Å². The van der Waals surface area contributed by atoms with Crippen molar-refractivity contribution >= 4 is 26.7 Å². The molecule has 2 radical (unpaired) electrons. The zero-order valence-corrected chi connectivity index (χ0v) is 7.39. The van der Waals surface area contributed by atoms with Gasteiger partial charge in [-0.2, -0.15) is 0 Å². The number of hydrogen-bond acceptors (Lipinski definition) is 1. The smallest absolute Gasteiger partial charge is 0.303 e. The molecule has 0 amide bonds. The molecule has 8 heavy (non-hydrogen) atoms. The fraction of sp³-hybridized carbons (Fsp3) is 0. The minimum Gasteiger partial charge on any atom is -0.303 e. The summed E-state index contributed by atoms with van der Waals surface area (Å²) in [5.74, 6) is 0. The van der Waals surface area contributed by atoms with Crippen molar-refractivity contribution in [3.8, 4) is 0 Å². The molecule has 0 spiro atoms. The van der Waals surface area contributed by atoms with E-state index in [4.69, 9.17) is 19.2 Å². The zero-order chi connectivity index (χ0) is 4.50. The Morgan fingerprint density at radius 2 is 1.12 bits per heavy atom. The molecule has 0 aliphatic carbocycles. The Bertz CT molecular complexity index is 62.2. The fourth-order valence-corrected chi connectivity index (χ4v) is 0. The van der Waals surface area contributed by atoms with E-state index < -0.39 is 7.82 Å². The molecule has 4 nitrogen and oxygen atoms in total. The van der Waals surface area contributed by atoms with Gasteiger partial charge in [0.2, 0.25) is 0 Å². The molecule has 0 aliphatic heterocycles. The molecule has 3 N–H and O–H groups in total. The van der Waals surface area contributed by atoms with E-state index in [1.165, 1.54) is 0 Å². The summed E-state index contributed by atoms with van der Waals surface area (Å²) in [6, 6.07) is 0. The Labute approximate surface area is 81.2 Å². The van der Waals surface area contributed by atoms with Crippen molar-refractivity contribution in [2.45, 2.75) is 0 Å². The van der Waals surface area contributed by atoms with Crippen LogP contribution in [0.2, 0.25) is 0 Å². The van der Waals surface area contributed by atoms with Gasteiger partial charge in [-0.1, -0.05) is 0 Å². The third-order valence-corrected chi connectivity index (χ3v) is 0. The summed E-state index contributed by atoms with van der Waals surface area (Å²) in [7, 11) is -4.64. The third-order valence-electron chi connectivity index (χ3n) is 0. The third kappa shape index (κ3) is 110. The van der Waals surface area contributed by atoms with Crippen molar-refractivity contribution in [2.24, 2.45) is 0 Å². The van der Waals surface area contributed by atoms with E-state index in [2.05, 4.69) is 0 Å². The van der Waals surface area contributed by atoms with Crippen LogP contribution >= 0.6 is 7.82 Å². The van der Waals surface area contributed by atoms with Gasteiger partial charge in [0.1, 0.15) is 0 Å². The van der Waals surface area contributed by atoms with E-state index in [9.17, 15) is 0 Å². The Morgan fingerprint density at radius 1 is 1.12 bits per heavy atom. The summed E-state index contributed by atoms with van der Waals surface area (Å²) in [4.78, 5) is 21.6. The molecule has 0 saturated heterocycles. The average Bonchev–Trinajstić information content (AvgIpc) is 0.722. The van der Waals surface area contributed by atoms with Crippen LogP contribution in [0.25, 0.3) is 0 Å². The maximum atomic E-state index is 8.88. The Hall–Kier alpha value is 1.81. The van der Waals surface area contributed by atoms with Gasteiger partial charge in [-0.25, -0.2) is 4.57 Å². The molecule has 0 unspecified atom stereocenters. The monoisotopic (exact) mass is 212 g/mol. The van der Waals surface area contributed by atoms with Gasteiger partial charge in [-0.15, -0.1) is 0 Å². The molecule has 0 aromatic carbocycles. The van der Waals surface area contributed by atoms with E-state index in [-0.39, 0.29) is 54.5 Å². The summed E-state index contributed by atoms with van der Waals surface area (Å²) in [5.41, 5.74) is 0. The maximum absolute atomic E-state index is 8.88. The predicted octanol–water partition coefficient (Wildman–Crippen LogP) is -1.31. The molecule has 0 aromatic heterocycles. The topological polar surface area (TPSA) is 77.8 Å². The first-order chi connectivity index (χ1) is 2.00. The first-order valence-corrected chi connectivity index (χ1v) is 2.35. The zero-order valence-electron chi connectivity index (χ0n) is 4.00. The fourth-order valence-electron chi connectivity index (χ4n) is 0. The summed E-state index contributed by atoms with van der Waals surface area (Å²) in [6.45, 7) is 0. The van der Waals surface area contributed by atoms with Gasteiger partial charge in [0.15, 0.2) is 0 Å². The minimum atomic E-state index is -4.64. The molecule has 0 heterocycles. The van der Waals surface area contributed by atoms with Gasteiger partial charge in [0, 0.05) is 54.5 Å². The molecule has 0 aromatic rings. The molecule has 0 atom stereocenters. The molecular formula is H3FeLiO4PV. The Kier molecular flexibility index (Phi) is 24.8. The van der Waals surface area contributed by atoms with Gasteiger partial charge in [-0.3, -0.25) is 0 Å². The second-order valence-electron chi connectivity index (χ2n) is 0.513. The average molecular weight is 212 g/mol. The summed E-state index contributed by atoms with van der Waals surface area (Å²) >= 11 is 0. The Balaban J connectivity index is -0.0000000267. The van der Waals surface area contributed by atoms with E-state index in [1.54, 1.807) is 0 Å². The van der Waals surface area contributed by atoms with Crippen LogP contribution in [0.15, 0.2) is 0 Å². The number of phosphoric acid groups is 1. The van der Waals surface area contributed by atoms with Crippen LogP contribution in [0.1, 0.15) is 0 Å². The van der Waals surface area contributed by atoms with Gasteiger partial charge in [0.05, 0.1) is 0 Å². The van der Waals surface area contributed by atoms with Crippen LogP contribution in [0.3, 0.4) is 0 Å². The predicted molar refractivity (Wildman–Crippen MR) is 20.0 cm³/mol. The van der Waals surface area contributed by atoms with Crippen molar-refractivity contribution in [3.63, 3.8) is 0 Å². The molecule has 46 valence electrons. The molecule has 0 rings (SSSR count). The van der Waals surface area contributed by atoms with Crippen LogP contribution in [-0.4, -0.2) is 33.5 Å². The summed E-state index contributed by atoms with van der Waals surface area (Å²) in [6.07, 6.45) is 0. The molecule has 0 fully saturated rings. The largest absolute Gasteiger partial charge is 0.466 e. The SMILES string of the molecule is O=P(O)(O)O.[Fe].[Li].[V]. The van der Waals surface area contributed by atoms with Gasteiger partial charge in [0.25, 0.3) is 0 Å². The van der Waals surface area contributed by atoms with Crippen molar-refractivity contribution < 1.29 is 54.9 Å². The van der Waals surface area contributed by atoms with Crippen molar-refractivity contribution in [2.75, 3.05) is 0 Å². The van der Waals surface area contributed by atoms with Gasteiger partial charge in [-0.05, 0) is 0 Å². The van der Waals surface area contributed by atoms with E-state index >= 15 is 0 Å². The molecule has 8 heteroatoms.